The lowest BCUT2D eigenvalue weighted by molar-refractivity contribution is 0.000484. The Morgan fingerprint density at radius 1 is 1.35 bits per heavy atom. The van der Waals surface area contributed by atoms with Crippen LogP contribution in [0.2, 0.25) is 0 Å². The number of ether oxygens (including phenoxy) is 1. The summed E-state index contributed by atoms with van der Waals surface area (Å²) in [7, 11) is 1.84. The average Bonchev–Trinajstić information content (AvgIpc) is 2.81. The highest BCUT2D eigenvalue weighted by Gasteiger charge is 2.36. The molecule has 2 unspecified atom stereocenters. The van der Waals surface area contributed by atoms with Crippen molar-refractivity contribution < 1.29 is 4.74 Å². The van der Waals surface area contributed by atoms with Crippen LogP contribution in [-0.2, 0) is 4.74 Å². The summed E-state index contributed by atoms with van der Waals surface area (Å²) in [4.78, 5) is 2.65. The molecule has 1 aliphatic carbocycles. The number of piperidine rings is 1. The SMILES string of the molecule is COC1CCN(CC2(CN)CCCC2)C(C)C1. The molecule has 3 heteroatoms. The molecule has 100 valence electrons. The summed E-state index contributed by atoms with van der Waals surface area (Å²) < 4.78 is 5.48. The standard InChI is InChI=1S/C14H28N2O/c1-12-9-13(17-2)5-8-16(12)11-14(10-15)6-3-4-7-14/h12-13H,3-11,15H2,1-2H3. The van der Waals surface area contributed by atoms with Crippen molar-refractivity contribution in [2.75, 3.05) is 26.7 Å². The first-order valence-electron chi connectivity index (χ1n) is 7.16. The molecule has 2 rings (SSSR count). The molecular formula is C14H28N2O. The molecule has 2 N–H and O–H groups in total. The van der Waals surface area contributed by atoms with Gasteiger partial charge in [-0.05, 0) is 44.6 Å². The van der Waals surface area contributed by atoms with Gasteiger partial charge in [0.05, 0.1) is 6.10 Å². The zero-order valence-electron chi connectivity index (χ0n) is 11.5. The van der Waals surface area contributed by atoms with E-state index in [4.69, 9.17) is 10.5 Å². The predicted octanol–water partition coefficient (Wildman–Crippen LogP) is 2.00. The third-order valence-corrected chi connectivity index (χ3v) is 4.93. The van der Waals surface area contributed by atoms with Gasteiger partial charge in [-0.1, -0.05) is 12.8 Å². The van der Waals surface area contributed by atoms with Crippen LogP contribution in [0, 0.1) is 5.41 Å². The quantitative estimate of drug-likeness (QED) is 0.817. The van der Waals surface area contributed by atoms with E-state index in [0.717, 1.165) is 6.54 Å². The number of nitrogens with zero attached hydrogens (tertiary/aromatic N) is 1. The molecule has 0 bridgehead atoms. The van der Waals surface area contributed by atoms with Gasteiger partial charge < -0.3 is 10.5 Å². The molecule has 0 amide bonds. The summed E-state index contributed by atoms with van der Waals surface area (Å²) in [6, 6.07) is 0.651. The number of nitrogens with two attached hydrogens (primary N) is 1. The number of methoxy groups -OCH3 is 1. The van der Waals surface area contributed by atoms with Crippen LogP contribution >= 0.6 is 0 Å². The Hall–Kier alpha value is -0.120. The molecule has 1 heterocycles. The van der Waals surface area contributed by atoms with Crippen LogP contribution in [0.4, 0.5) is 0 Å². The summed E-state index contributed by atoms with van der Waals surface area (Å²) in [6.45, 7) is 5.59. The van der Waals surface area contributed by atoms with E-state index in [-0.39, 0.29) is 0 Å². The molecule has 0 aromatic rings. The van der Waals surface area contributed by atoms with Gasteiger partial charge in [0.2, 0.25) is 0 Å². The molecule has 1 saturated heterocycles. The smallest absolute Gasteiger partial charge is 0.0598 e. The number of hydrogen-bond donors (Lipinski definition) is 1. The maximum Gasteiger partial charge on any atom is 0.0598 e. The second-order valence-corrected chi connectivity index (χ2v) is 6.11. The predicted molar refractivity (Wildman–Crippen MR) is 71.0 cm³/mol. The van der Waals surface area contributed by atoms with Crippen molar-refractivity contribution in [1.82, 2.24) is 4.90 Å². The van der Waals surface area contributed by atoms with Gasteiger partial charge >= 0.3 is 0 Å². The van der Waals surface area contributed by atoms with E-state index in [1.165, 1.54) is 51.6 Å². The van der Waals surface area contributed by atoms with Gasteiger partial charge in [-0.15, -0.1) is 0 Å². The molecule has 3 nitrogen and oxygen atoms in total. The topological polar surface area (TPSA) is 38.5 Å². The number of hydrogen-bond acceptors (Lipinski definition) is 3. The Kier molecular flexibility index (Phi) is 4.45. The fraction of sp³-hybridized carbons (Fsp3) is 1.00. The first kappa shape index (κ1) is 13.3. The van der Waals surface area contributed by atoms with Gasteiger partial charge in [0.1, 0.15) is 0 Å². The average molecular weight is 240 g/mol. The van der Waals surface area contributed by atoms with E-state index < -0.39 is 0 Å². The first-order chi connectivity index (χ1) is 8.19. The van der Waals surface area contributed by atoms with Crippen molar-refractivity contribution >= 4 is 0 Å². The lowest BCUT2D eigenvalue weighted by atomic mass is 9.84. The lowest BCUT2D eigenvalue weighted by Crippen LogP contribution is -2.49. The summed E-state index contributed by atoms with van der Waals surface area (Å²) in [6.07, 6.45) is 8.25. The maximum absolute atomic E-state index is 6.03. The minimum absolute atomic E-state index is 0.425. The van der Waals surface area contributed by atoms with Crippen LogP contribution in [0.3, 0.4) is 0 Å². The van der Waals surface area contributed by atoms with Crippen LogP contribution in [0.5, 0.6) is 0 Å². The zero-order chi connectivity index (χ0) is 12.3. The number of likely N-dealkylation sites (tertiary alicyclic amines) is 1. The van der Waals surface area contributed by atoms with E-state index >= 15 is 0 Å². The van der Waals surface area contributed by atoms with Gasteiger partial charge in [-0.2, -0.15) is 0 Å². The summed E-state index contributed by atoms with van der Waals surface area (Å²) in [5, 5.41) is 0. The zero-order valence-corrected chi connectivity index (χ0v) is 11.5. The highest BCUT2D eigenvalue weighted by molar-refractivity contribution is 4.91. The third-order valence-electron chi connectivity index (χ3n) is 4.93. The van der Waals surface area contributed by atoms with Crippen molar-refractivity contribution in [3.05, 3.63) is 0 Å². The summed E-state index contributed by atoms with van der Waals surface area (Å²) in [5.74, 6) is 0. The van der Waals surface area contributed by atoms with Crippen LogP contribution < -0.4 is 5.73 Å². The Morgan fingerprint density at radius 3 is 2.59 bits per heavy atom. The molecule has 0 spiro atoms. The molecule has 1 aliphatic heterocycles. The summed E-state index contributed by atoms with van der Waals surface area (Å²) >= 11 is 0. The minimum Gasteiger partial charge on any atom is -0.381 e. The lowest BCUT2D eigenvalue weighted by Gasteiger charge is -2.42. The van der Waals surface area contributed by atoms with Gasteiger partial charge in [0, 0.05) is 26.2 Å². The third kappa shape index (κ3) is 3.01. The first-order valence-corrected chi connectivity index (χ1v) is 7.16. The van der Waals surface area contributed by atoms with Crippen LogP contribution in [-0.4, -0.2) is 43.8 Å². The Labute approximate surface area is 106 Å². The summed E-state index contributed by atoms with van der Waals surface area (Å²) in [5.41, 5.74) is 6.46. The van der Waals surface area contributed by atoms with Gasteiger partial charge in [0.15, 0.2) is 0 Å². The normalized spacial score (nSPS) is 34.1. The molecule has 2 atom stereocenters. The van der Waals surface area contributed by atoms with Gasteiger partial charge in [0.25, 0.3) is 0 Å². The van der Waals surface area contributed by atoms with E-state index in [1.807, 2.05) is 7.11 Å². The van der Waals surface area contributed by atoms with Gasteiger partial charge in [-0.3, -0.25) is 4.90 Å². The highest BCUT2D eigenvalue weighted by Crippen LogP contribution is 2.39. The van der Waals surface area contributed by atoms with Crippen LogP contribution in [0.1, 0.15) is 45.4 Å². The molecule has 2 fully saturated rings. The maximum atomic E-state index is 6.03. The second-order valence-electron chi connectivity index (χ2n) is 6.11. The molecule has 17 heavy (non-hydrogen) atoms. The van der Waals surface area contributed by atoms with E-state index in [9.17, 15) is 0 Å². The molecule has 2 aliphatic rings. The van der Waals surface area contributed by atoms with Crippen LogP contribution in [0.25, 0.3) is 0 Å². The van der Waals surface area contributed by atoms with E-state index in [1.54, 1.807) is 0 Å². The Balaban J connectivity index is 1.90. The Bertz CT molecular complexity index is 238. The number of rotatable bonds is 4. The molecule has 0 aromatic carbocycles. The second kappa shape index (κ2) is 5.68. The van der Waals surface area contributed by atoms with E-state index in [2.05, 4.69) is 11.8 Å². The van der Waals surface area contributed by atoms with Crippen molar-refractivity contribution in [3.63, 3.8) is 0 Å². The minimum atomic E-state index is 0.425. The van der Waals surface area contributed by atoms with E-state index in [0.29, 0.717) is 17.6 Å². The van der Waals surface area contributed by atoms with Crippen molar-refractivity contribution in [3.8, 4) is 0 Å². The highest BCUT2D eigenvalue weighted by atomic mass is 16.5. The largest absolute Gasteiger partial charge is 0.381 e. The molecule has 0 radical (unpaired) electrons. The molecule has 0 aromatic heterocycles. The fourth-order valence-electron chi connectivity index (χ4n) is 3.61. The molecule has 1 saturated carbocycles. The fourth-order valence-corrected chi connectivity index (χ4v) is 3.61. The Morgan fingerprint density at radius 2 is 2.06 bits per heavy atom. The van der Waals surface area contributed by atoms with Crippen molar-refractivity contribution in [1.29, 1.82) is 0 Å². The van der Waals surface area contributed by atoms with Crippen molar-refractivity contribution in [2.45, 2.75) is 57.6 Å². The van der Waals surface area contributed by atoms with Crippen LogP contribution in [0.15, 0.2) is 0 Å². The molecular weight excluding hydrogens is 212 g/mol. The monoisotopic (exact) mass is 240 g/mol. The van der Waals surface area contributed by atoms with Gasteiger partial charge in [-0.25, -0.2) is 0 Å². The van der Waals surface area contributed by atoms with Crippen molar-refractivity contribution in [2.24, 2.45) is 11.1 Å².